The Labute approximate surface area is 145 Å². The Hall–Kier alpha value is -2.29. The van der Waals surface area contributed by atoms with Crippen LogP contribution in [0, 0.1) is 13.8 Å². The number of rotatable bonds is 6. The van der Waals surface area contributed by atoms with Gasteiger partial charge >= 0.3 is 0 Å². The largest absolute Gasteiger partial charge is 0.481 e. The number of hydrogen-bond acceptors (Lipinski definition) is 2. The second kappa shape index (κ2) is 8.00. The normalized spacial score (nSPS) is 13.2. The van der Waals surface area contributed by atoms with Gasteiger partial charge in [-0.1, -0.05) is 48.9 Å². The first-order valence-electron chi connectivity index (χ1n) is 8.54. The van der Waals surface area contributed by atoms with Gasteiger partial charge in [0.1, 0.15) is 5.75 Å². The molecule has 128 valence electrons. The molecule has 0 aliphatic heterocycles. The third-order valence-corrected chi connectivity index (χ3v) is 4.28. The van der Waals surface area contributed by atoms with Crippen molar-refractivity contribution in [1.82, 2.24) is 5.32 Å². The molecule has 0 aliphatic rings. The summed E-state index contributed by atoms with van der Waals surface area (Å²) in [4.78, 5) is 12.5. The lowest BCUT2D eigenvalue weighted by atomic mass is 10.00. The van der Waals surface area contributed by atoms with Crippen molar-refractivity contribution in [1.29, 1.82) is 0 Å². The number of para-hydroxylation sites is 1. The van der Waals surface area contributed by atoms with Crippen molar-refractivity contribution in [2.45, 2.75) is 53.2 Å². The van der Waals surface area contributed by atoms with Crippen molar-refractivity contribution in [3.63, 3.8) is 0 Å². The Balaban J connectivity index is 2.03. The number of hydrogen-bond donors (Lipinski definition) is 1. The van der Waals surface area contributed by atoms with Crippen LogP contribution in [-0.2, 0) is 11.2 Å². The van der Waals surface area contributed by atoms with Crippen LogP contribution in [0.15, 0.2) is 42.5 Å². The molecule has 0 heterocycles. The number of nitrogens with one attached hydrogen (secondary N) is 1. The number of ether oxygens (including phenoxy) is 1. The van der Waals surface area contributed by atoms with Crippen LogP contribution in [-0.4, -0.2) is 12.0 Å². The molecule has 0 unspecified atom stereocenters. The molecule has 1 N–H and O–H groups in total. The van der Waals surface area contributed by atoms with E-state index in [9.17, 15) is 4.79 Å². The zero-order chi connectivity index (χ0) is 17.7. The highest BCUT2D eigenvalue weighted by molar-refractivity contribution is 5.81. The Bertz CT molecular complexity index is 709. The fourth-order valence-electron chi connectivity index (χ4n) is 2.87. The summed E-state index contributed by atoms with van der Waals surface area (Å²) < 4.78 is 5.87. The summed E-state index contributed by atoms with van der Waals surface area (Å²) >= 11 is 0. The van der Waals surface area contributed by atoms with Gasteiger partial charge in [0.25, 0.3) is 5.91 Å². The molecule has 0 radical (unpaired) electrons. The summed E-state index contributed by atoms with van der Waals surface area (Å²) in [7, 11) is 0. The summed E-state index contributed by atoms with van der Waals surface area (Å²) in [6, 6.07) is 14.1. The summed E-state index contributed by atoms with van der Waals surface area (Å²) in [5.74, 6) is 0.676. The van der Waals surface area contributed by atoms with Crippen molar-refractivity contribution in [3.05, 3.63) is 64.7 Å². The first-order chi connectivity index (χ1) is 11.4. The van der Waals surface area contributed by atoms with Crippen LogP contribution >= 0.6 is 0 Å². The lowest BCUT2D eigenvalue weighted by Gasteiger charge is -2.21. The van der Waals surface area contributed by atoms with E-state index in [1.165, 1.54) is 11.1 Å². The van der Waals surface area contributed by atoms with Gasteiger partial charge < -0.3 is 10.1 Å². The molecule has 24 heavy (non-hydrogen) atoms. The van der Waals surface area contributed by atoms with Gasteiger partial charge in [-0.05, 0) is 56.9 Å². The topological polar surface area (TPSA) is 38.3 Å². The monoisotopic (exact) mass is 325 g/mol. The molecule has 0 fully saturated rings. The molecule has 3 nitrogen and oxygen atoms in total. The first-order valence-corrected chi connectivity index (χ1v) is 8.54. The number of carbonyl (C=O) groups excluding carboxylic acids is 1. The van der Waals surface area contributed by atoms with Crippen LogP contribution in [0.5, 0.6) is 5.75 Å². The van der Waals surface area contributed by atoms with Crippen molar-refractivity contribution in [2.75, 3.05) is 0 Å². The Morgan fingerprint density at radius 2 is 1.83 bits per heavy atom. The lowest BCUT2D eigenvalue weighted by molar-refractivity contribution is -0.127. The molecule has 0 saturated heterocycles. The number of benzene rings is 2. The van der Waals surface area contributed by atoms with Crippen LogP contribution < -0.4 is 10.1 Å². The maximum absolute atomic E-state index is 12.5. The molecule has 2 aromatic rings. The van der Waals surface area contributed by atoms with Crippen molar-refractivity contribution >= 4 is 5.91 Å². The molecule has 2 rings (SSSR count). The van der Waals surface area contributed by atoms with Crippen molar-refractivity contribution < 1.29 is 9.53 Å². The fraction of sp³-hybridized carbons (Fsp3) is 0.381. The van der Waals surface area contributed by atoms with Crippen LogP contribution in [0.1, 0.15) is 49.1 Å². The highest BCUT2D eigenvalue weighted by atomic mass is 16.5. The molecule has 0 bridgehead atoms. The van der Waals surface area contributed by atoms with Gasteiger partial charge in [0.2, 0.25) is 0 Å². The van der Waals surface area contributed by atoms with Gasteiger partial charge in [0.05, 0.1) is 6.04 Å². The fourth-order valence-corrected chi connectivity index (χ4v) is 2.87. The van der Waals surface area contributed by atoms with E-state index in [0.717, 1.165) is 23.3 Å². The summed E-state index contributed by atoms with van der Waals surface area (Å²) in [6.07, 6.45) is 0.342. The highest BCUT2D eigenvalue weighted by Gasteiger charge is 2.19. The number of amides is 1. The van der Waals surface area contributed by atoms with E-state index in [0.29, 0.717) is 0 Å². The molecule has 3 heteroatoms. The predicted molar refractivity (Wildman–Crippen MR) is 98.4 cm³/mol. The van der Waals surface area contributed by atoms with Crippen LogP contribution in [0.2, 0.25) is 0 Å². The Kier molecular flexibility index (Phi) is 6.02. The lowest BCUT2D eigenvalue weighted by Crippen LogP contribution is -2.38. The quantitative estimate of drug-likeness (QED) is 0.848. The summed E-state index contributed by atoms with van der Waals surface area (Å²) in [5, 5.41) is 3.05. The van der Waals surface area contributed by atoms with Crippen LogP contribution in [0.4, 0.5) is 0 Å². The van der Waals surface area contributed by atoms with E-state index < -0.39 is 6.10 Å². The molecular formula is C21H27NO2. The summed E-state index contributed by atoms with van der Waals surface area (Å²) in [5.41, 5.74) is 4.66. The zero-order valence-electron chi connectivity index (χ0n) is 15.2. The maximum Gasteiger partial charge on any atom is 0.261 e. The van der Waals surface area contributed by atoms with Gasteiger partial charge in [0.15, 0.2) is 6.10 Å². The minimum Gasteiger partial charge on any atom is -0.481 e. The van der Waals surface area contributed by atoms with E-state index >= 15 is 0 Å². The average Bonchev–Trinajstić information content (AvgIpc) is 2.55. The molecule has 2 aromatic carbocycles. The van der Waals surface area contributed by atoms with E-state index in [1.54, 1.807) is 6.92 Å². The average molecular weight is 325 g/mol. The van der Waals surface area contributed by atoms with E-state index in [-0.39, 0.29) is 11.9 Å². The third kappa shape index (κ3) is 4.38. The molecule has 0 aromatic heterocycles. The minimum atomic E-state index is -0.536. The smallest absolute Gasteiger partial charge is 0.261 e. The Morgan fingerprint density at radius 1 is 1.12 bits per heavy atom. The van der Waals surface area contributed by atoms with E-state index in [4.69, 9.17) is 4.74 Å². The molecular weight excluding hydrogens is 298 g/mol. The van der Waals surface area contributed by atoms with Crippen LogP contribution in [0.25, 0.3) is 0 Å². The molecule has 1 amide bonds. The minimum absolute atomic E-state index is 0.0504. The molecule has 0 aliphatic carbocycles. The van der Waals surface area contributed by atoms with Gasteiger partial charge in [0, 0.05) is 0 Å². The maximum atomic E-state index is 12.5. The van der Waals surface area contributed by atoms with Gasteiger partial charge in [-0.2, -0.15) is 0 Å². The molecule has 2 atom stereocenters. The molecule has 0 spiro atoms. The second-order valence-electron chi connectivity index (χ2n) is 6.31. The number of aryl methyl sites for hydroxylation is 3. The zero-order valence-corrected chi connectivity index (χ0v) is 15.2. The number of carbonyl (C=O) groups is 1. The van der Waals surface area contributed by atoms with E-state index in [2.05, 4.69) is 44.3 Å². The standard InChI is InChI=1S/C21H27NO2/c1-6-18-9-7-8-10-20(18)24-17(5)21(23)22-16(4)19-12-11-14(2)13-15(19)3/h7-13,16-17H,6H2,1-5H3,(H,22,23)/t16-,17-/m0/s1. The van der Waals surface area contributed by atoms with Gasteiger partial charge in [-0.3, -0.25) is 4.79 Å². The predicted octanol–water partition coefficient (Wildman–Crippen LogP) is 4.51. The molecule has 0 saturated carbocycles. The summed E-state index contributed by atoms with van der Waals surface area (Å²) in [6.45, 7) is 10.0. The SMILES string of the molecule is CCc1ccccc1O[C@@H](C)C(=O)N[C@@H](C)c1ccc(C)cc1C. The van der Waals surface area contributed by atoms with Crippen molar-refractivity contribution in [2.24, 2.45) is 0 Å². The van der Waals surface area contributed by atoms with Gasteiger partial charge in [-0.25, -0.2) is 0 Å². The van der Waals surface area contributed by atoms with Crippen molar-refractivity contribution in [3.8, 4) is 5.75 Å². The highest BCUT2D eigenvalue weighted by Crippen LogP contribution is 2.21. The van der Waals surface area contributed by atoms with Crippen LogP contribution in [0.3, 0.4) is 0 Å². The van der Waals surface area contributed by atoms with E-state index in [1.807, 2.05) is 31.2 Å². The second-order valence-corrected chi connectivity index (χ2v) is 6.31. The van der Waals surface area contributed by atoms with Gasteiger partial charge in [-0.15, -0.1) is 0 Å². The first kappa shape index (κ1) is 18.1. The Morgan fingerprint density at radius 3 is 2.50 bits per heavy atom. The third-order valence-electron chi connectivity index (χ3n) is 4.28.